The molecule has 0 aliphatic carbocycles. The molecule has 0 saturated carbocycles. The third kappa shape index (κ3) is 5.12. The van der Waals surface area contributed by atoms with E-state index in [0.29, 0.717) is 18.0 Å². The summed E-state index contributed by atoms with van der Waals surface area (Å²) >= 11 is 1.66. The molecule has 0 saturated heterocycles. The monoisotopic (exact) mass is 377 g/mol. The van der Waals surface area contributed by atoms with Crippen molar-refractivity contribution in [3.63, 3.8) is 0 Å². The number of ether oxygens (including phenoxy) is 2. The van der Waals surface area contributed by atoms with Gasteiger partial charge in [0.05, 0.1) is 26.3 Å². The number of thiophene rings is 1. The van der Waals surface area contributed by atoms with E-state index >= 15 is 0 Å². The molecule has 2 aromatic rings. The van der Waals surface area contributed by atoms with Crippen molar-refractivity contribution in [3.8, 4) is 11.5 Å². The lowest BCUT2D eigenvalue weighted by Gasteiger charge is -2.25. The van der Waals surface area contributed by atoms with Crippen LogP contribution in [0.25, 0.3) is 0 Å². The number of hydrogen-bond donors (Lipinski definition) is 2. The number of nitrogens with one attached hydrogen (secondary N) is 2. The van der Waals surface area contributed by atoms with Gasteiger partial charge in [-0.25, -0.2) is 4.79 Å². The first-order valence-electron chi connectivity index (χ1n) is 8.41. The highest BCUT2D eigenvalue weighted by molar-refractivity contribution is 7.07. The fourth-order valence-electron chi connectivity index (χ4n) is 2.75. The Kier molecular flexibility index (Phi) is 7.29. The molecular formula is C19H27N3O3S. The SMILES string of the molecule is COc1ccc(C(C)NC(=O)NCC(c2ccsc2)N(C)C)c(OC)c1. The van der Waals surface area contributed by atoms with E-state index in [-0.39, 0.29) is 18.1 Å². The van der Waals surface area contributed by atoms with Crippen LogP contribution in [0.2, 0.25) is 0 Å². The van der Waals surface area contributed by atoms with Gasteiger partial charge in [-0.15, -0.1) is 0 Å². The molecule has 1 heterocycles. The molecule has 0 spiro atoms. The summed E-state index contributed by atoms with van der Waals surface area (Å²) in [5, 5.41) is 10.1. The van der Waals surface area contributed by atoms with E-state index in [1.54, 1.807) is 25.6 Å². The van der Waals surface area contributed by atoms with E-state index in [4.69, 9.17) is 9.47 Å². The quantitative estimate of drug-likeness (QED) is 0.740. The first kappa shape index (κ1) is 20.1. The third-order valence-electron chi connectivity index (χ3n) is 4.26. The fraction of sp³-hybridized carbons (Fsp3) is 0.421. The minimum absolute atomic E-state index is 0.137. The van der Waals surface area contributed by atoms with Gasteiger partial charge in [-0.05, 0) is 55.5 Å². The molecule has 2 atom stereocenters. The Hall–Kier alpha value is -2.25. The van der Waals surface area contributed by atoms with Crippen molar-refractivity contribution in [1.82, 2.24) is 15.5 Å². The summed E-state index contributed by atoms with van der Waals surface area (Å²) in [5.41, 5.74) is 2.09. The van der Waals surface area contributed by atoms with Crippen LogP contribution in [0.5, 0.6) is 11.5 Å². The van der Waals surface area contributed by atoms with E-state index < -0.39 is 0 Å². The van der Waals surface area contributed by atoms with E-state index in [2.05, 4.69) is 27.0 Å². The van der Waals surface area contributed by atoms with Gasteiger partial charge in [0.1, 0.15) is 11.5 Å². The first-order chi connectivity index (χ1) is 12.5. The Labute approximate surface area is 159 Å². The van der Waals surface area contributed by atoms with Crippen LogP contribution in [-0.2, 0) is 0 Å². The molecule has 0 bridgehead atoms. The van der Waals surface area contributed by atoms with Crippen molar-refractivity contribution in [2.24, 2.45) is 0 Å². The van der Waals surface area contributed by atoms with Crippen LogP contribution in [0.15, 0.2) is 35.0 Å². The first-order valence-corrected chi connectivity index (χ1v) is 9.35. The minimum Gasteiger partial charge on any atom is -0.497 e. The van der Waals surface area contributed by atoms with Crippen molar-refractivity contribution in [1.29, 1.82) is 0 Å². The Balaban J connectivity index is 1.96. The summed E-state index contributed by atoms with van der Waals surface area (Å²) in [5.74, 6) is 1.40. The standard InChI is InChI=1S/C19H27N3O3S/c1-13(16-7-6-15(24-4)10-18(16)25-5)21-19(23)20-11-17(22(2)3)14-8-9-26-12-14/h6-10,12-13,17H,11H2,1-5H3,(H2,20,21,23). The van der Waals surface area contributed by atoms with E-state index in [9.17, 15) is 4.79 Å². The molecule has 7 heteroatoms. The zero-order chi connectivity index (χ0) is 19.1. The van der Waals surface area contributed by atoms with Crippen LogP contribution in [0.4, 0.5) is 4.79 Å². The van der Waals surface area contributed by atoms with Crippen molar-refractivity contribution in [2.45, 2.75) is 19.0 Å². The molecule has 26 heavy (non-hydrogen) atoms. The maximum absolute atomic E-state index is 12.3. The highest BCUT2D eigenvalue weighted by Crippen LogP contribution is 2.29. The van der Waals surface area contributed by atoms with Gasteiger partial charge in [0.2, 0.25) is 0 Å². The number of nitrogens with zero attached hydrogens (tertiary/aromatic N) is 1. The number of benzene rings is 1. The molecular weight excluding hydrogens is 350 g/mol. The van der Waals surface area contributed by atoms with Crippen molar-refractivity contribution in [2.75, 3.05) is 34.9 Å². The van der Waals surface area contributed by atoms with Gasteiger partial charge in [-0.2, -0.15) is 11.3 Å². The van der Waals surface area contributed by atoms with Crippen LogP contribution >= 0.6 is 11.3 Å². The van der Waals surface area contributed by atoms with Gasteiger partial charge < -0.3 is 25.0 Å². The summed E-state index contributed by atoms with van der Waals surface area (Å²) in [6.45, 7) is 2.45. The van der Waals surface area contributed by atoms with Crippen molar-refractivity contribution >= 4 is 17.4 Å². The van der Waals surface area contributed by atoms with Crippen LogP contribution in [-0.4, -0.2) is 45.8 Å². The van der Waals surface area contributed by atoms with Gasteiger partial charge in [0.15, 0.2) is 0 Å². The van der Waals surface area contributed by atoms with Gasteiger partial charge in [0.25, 0.3) is 0 Å². The molecule has 0 aliphatic rings. The van der Waals surface area contributed by atoms with Crippen LogP contribution in [0.1, 0.15) is 30.1 Å². The second-order valence-electron chi connectivity index (χ2n) is 6.22. The summed E-state index contributed by atoms with van der Waals surface area (Å²) in [6, 6.07) is 7.37. The fourth-order valence-corrected chi connectivity index (χ4v) is 3.46. The van der Waals surface area contributed by atoms with Gasteiger partial charge >= 0.3 is 6.03 Å². The number of carbonyl (C=O) groups is 1. The molecule has 1 aromatic carbocycles. The van der Waals surface area contributed by atoms with E-state index in [0.717, 1.165) is 5.56 Å². The van der Waals surface area contributed by atoms with Crippen molar-refractivity contribution in [3.05, 3.63) is 46.2 Å². The third-order valence-corrected chi connectivity index (χ3v) is 4.96. The minimum atomic E-state index is -0.211. The van der Waals surface area contributed by atoms with Gasteiger partial charge in [0, 0.05) is 18.2 Å². The predicted molar refractivity (Wildman–Crippen MR) is 105 cm³/mol. The maximum Gasteiger partial charge on any atom is 0.315 e. The highest BCUT2D eigenvalue weighted by atomic mass is 32.1. The zero-order valence-corrected chi connectivity index (χ0v) is 16.7. The summed E-state index contributed by atoms with van der Waals surface area (Å²) in [6.07, 6.45) is 0. The summed E-state index contributed by atoms with van der Waals surface area (Å²) in [7, 11) is 7.23. The molecule has 2 rings (SSSR count). The van der Waals surface area contributed by atoms with Gasteiger partial charge in [-0.1, -0.05) is 0 Å². The number of hydrogen-bond acceptors (Lipinski definition) is 5. The molecule has 1 aromatic heterocycles. The molecule has 142 valence electrons. The van der Waals surface area contributed by atoms with Crippen LogP contribution < -0.4 is 20.1 Å². The average molecular weight is 378 g/mol. The lowest BCUT2D eigenvalue weighted by Crippen LogP contribution is -2.41. The maximum atomic E-state index is 12.3. The largest absolute Gasteiger partial charge is 0.497 e. The van der Waals surface area contributed by atoms with E-state index in [1.165, 1.54) is 5.56 Å². The molecule has 2 unspecified atom stereocenters. The lowest BCUT2D eigenvalue weighted by molar-refractivity contribution is 0.230. The summed E-state index contributed by atoms with van der Waals surface area (Å²) < 4.78 is 10.6. The highest BCUT2D eigenvalue weighted by Gasteiger charge is 2.18. The molecule has 2 N–H and O–H groups in total. The second kappa shape index (κ2) is 9.45. The smallest absolute Gasteiger partial charge is 0.315 e. The zero-order valence-electron chi connectivity index (χ0n) is 15.9. The molecule has 0 radical (unpaired) electrons. The van der Waals surface area contributed by atoms with Gasteiger partial charge in [-0.3, -0.25) is 0 Å². The van der Waals surface area contributed by atoms with Crippen molar-refractivity contribution < 1.29 is 14.3 Å². The normalized spacial score (nSPS) is 13.2. The number of rotatable bonds is 8. The Morgan fingerprint density at radius 2 is 2.00 bits per heavy atom. The molecule has 2 amide bonds. The number of amides is 2. The number of urea groups is 1. The number of carbonyl (C=O) groups excluding carboxylic acids is 1. The lowest BCUT2D eigenvalue weighted by atomic mass is 10.1. The molecule has 6 nitrogen and oxygen atoms in total. The number of methoxy groups -OCH3 is 2. The topological polar surface area (TPSA) is 62.8 Å². The summed E-state index contributed by atoms with van der Waals surface area (Å²) in [4.78, 5) is 14.4. The van der Waals surface area contributed by atoms with Crippen LogP contribution in [0, 0.1) is 0 Å². The number of likely N-dealkylation sites (N-methyl/N-ethyl adjacent to an activating group) is 1. The van der Waals surface area contributed by atoms with Crippen LogP contribution in [0.3, 0.4) is 0 Å². The predicted octanol–water partition coefficient (Wildman–Crippen LogP) is 3.43. The molecule has 0 aliphatic heterocycles. The Bertz CT molecular complexity index is 704. The Morgan fingerprint density at radius 1 is 1.23 bits per heavy atom. The second-order valence-corrected chi connectivity index (χ2v) is 7.00. The van der Waals surface area contributed by atoms with E-state index in [1.807, 2.05) is 44.6 Å². The Morgan fingerprint density at radius 3 is 2.58 bits per heavy atom. The molecule has 0 fully saturated rings. The average Bonchev–Trinajstić information content (AvgIpc) is 3.15.